The van der Waals surface area contributed by atoms with E-state index in [0.29, 0.717) is 5.56 Å². The number of aliphatic hydroxyl groups is 2. The molecular weight excluding hydrogens is 282 g/mol. The van der Waals surface area contributed by atoms with Gasteiger partial charge in [-0.2, -0.15) is 0 Å². The molecule has 0 aliphatic heterocycles. The first kappa shape index (κ1) is 14.6. The van der Waals surface area contributed by atoms with Gasteiger partial charge in [-0.25, -0.2) is 0 Å². The van der Waals surface area contributed by atoms with Crippen LogP contribution in [0.1, 0.15) is 18.6 Å². The fraction of sp³-hybridized carbons (Fsp3) is 0.235. The fourth-order valence-corrected chi connectivity index (χ4v) is 2.51. The monoisotopic (exact) mass is 299 g/mol. The van der Waals surface area contributed by atoms with Gasteiger partial charge in [-0.3, -0.25) is 4.79 Å². The van der Waals surface area contributed by atoms with Crippen molar-refractivity contribution in [2.75, 3.05) is 6.54 Å². The van der Waals surface area contributed by atoms with Gasteiger partial charge in [0.05, 0.1) is 0 Å². The smallest absolute Gasteiger partial charge is 0.216 e. The van der Waals surface area contributed by atoms with Crippen LogP contribution in [0.5, 0.6) is 0 Å². The Morgan fingerprint density at radius 3 is 2.64 bits per heavy atom. The highest BCUT2D eigenvalue weighted by atomic mass is 16.3. The number of hydrogen-bond donors (Lipinski definition) is 3. The Bertz CT molecular complexity index is 824. The Morgan fingerprint density at radius 1 is 1.14 bits per heavy atom. The maximum absolute atomic E-state index is 10.9. The number of carbonyl (C=O) groups excluding carboxylic acids is 1. The molecule has 114 valence electrons. The van der Waals surface area contributed by atoms with Gasteiger partial charge < -0.3 is 19.9 Å². The lowest BCUT2D eigenvalue weighted by Crippen LogP contribution is -2.34. The van der Waals surface area contributed by atoms with Crippen molar-refractivity contribution in [3.63, 3.8) is 0 Å². The third-order valence-corrected chi connectivity index (χ3v) is 3.67. The van der Waals surface area contributed by atoms with Crippen LogP contribution in [0.2, 0.25) is 0 Å². The van der Waals surface area contributed by atoms with Gasteiger partial charge >= 0.3 is 0 Å². The molecule has 1 heterocycles. The molecule has 0 saturated carbocycles. The van der Waals surface area contributed by atoms with Gasteiger partial charge in [0.15, 0.2) is 0 Å². The molecule has 0 spiro atoms. The average Bonchev–Trinajstić information content (AvgIpc) is 2.89. The summed E-state index contributed by atoms with van der Waals surface area (Å²) in [6.45, 7) is 1.36. The quantitative estimate of drug-likeness (QED) is 0.689. The minimum Gasteiger partial charge on any atom is -0.456 e. The van der Waals surface area contributed by atoms with Crippen LogP contribution in [0.25, 0.3) is 21.9 Å². The Morgan fingerprint density at radius 2 is 1.86 bits per heavy atom. The van der Waals surface area contributed by atoms with Crippen molar-refractivity contribution >= 4 is 27.8 Å². The summed E-state index contributed by atoms with van der Waals surface area (Å²) in [5.74, 6) is -0.248. The first-order valence-electron chi connectivity index (χ1n) is 7.08. The van der Waals surface area contributed by atoms with Crippen LogP contribution in [-0.2, 0) is 4.79 Å². The third kappa shape index (κ3) is 2.68. The molecular formula is C17H17NO4. The second-order valence-corrected chi connectivity index (χ2v) is 5.30. The van der Waals surface area contributed by atoms with Crippen LogP contribution in [0.4, 0.5) is 0 Å². The average molecular weight is 299 g/mol. The second kappa shape index (κ2) is 5.79. The summed E-state index contributed by atoms with van der Waals surface area (Å²) >= 11 is 0. The van der Waals surface area contributed by atoms with Crippen molar-refractivity contribution in [1.29, 1.82) is 0 Å². The van der Waals surface area contributed by atoms with Crippen molar-refractivity contribution < 1.29 is 19.4 Å². The van der Waals surface area contributed by atoms with E-state index in [9.17, 15) is 15.0 Å². The summed E-state index contributed by atoms with van der Waals surface area (Å²) in [7, 11) is 0. The molecule has 0 fully saturated rings. The van der Waals surface area contributed by atoms with Crippen LogP contribution in [-0.4, -0.2) is 28.8 Å². The van der Waals surface area contributed by atoms with E-state index in [0.717, 1.165) is 21.9 Å². The zero-order valence-corrected chi connectivity index (χ0v) is 12.1. The second-order valence-electron chi connectivity index (χ2n) is 5.30. The van der Waals surface area contributed by atoms with Gasteiger partial charge in [-0.05, 0) is 23.8 Å². The number of fused-ring (bicyclic) bond motifs is 3. The van der Waals surface area contributed by atoms with Gasteiger partial charge in [-0.1, -0.05) is 24.3 Å². The number of carbonyl (C=O) groups is 1. The lowest BCUT2D eigenvalue weighted by atomic mass is 10.0. The number of nitrogens with one attached hydrogen (secondary N) is 1. The third-order valence-electron chi connectivity index (χ3n) is 3.67. The van der Waals surface area contributed by atoms with Crippen molar-refractivity contribution in [3.8, 4) is 0 Å². The maximum atomic E-state index is 10.9. The van der Waals surface area contributed by atoms with Gasteiger partial charge in [0.2, 0.25) is 5.91 Å². The normalized spacial score (nSPS) is 14.1. The minimum absolute atomic E-state index is 0.000666. The highest BCUT2D eigenvalue weighted by Crippen LogP contribution is 2.31. The van der Waals surface area contributed by atoms with E-state index in [2.05, 4.69) is 5.32 Å². The predicted molar refractivity (Wildman–Crippen MR) is 83.4 cm³/mol. The number of amides is 1. The first-order valence-corrected chi connectivity index (χ1v) is 7.08. The number of aliphatic hydroxyl groups excluding tert-OH is 2. The van der Waals surface area contributed by atoms with E-state index in [1.54, 1.807) is 12.1 Å². The van der Waals surface area contributed by atoms with E-state index in [1.165, 1.54) is 6.92 Å². The lowest BCUT2D eigenvalue weighted by Gasteiger charge is -2.18. The number of furan rings is 1. The first-order chi connectivity index (χ1) is 10.6. The SMILES string of the molecule is CC(=O)NCC(O)C(O)c1ccc2oc3ccccc3c2c1. The van der Waals surface area contributed by atoms with Crippen molar-refractivity contribution in [3.05, 3.63) is 48.0 Å². The van der Waals surface area contributed by atoms with Crippen LogP contribution in [0.3, 0.4) is 0 Å². The van der Waals surface area contributed by atoms with Crippen molar-refractivity contribution in [2.24, 2.45) is 0 Å². The molecule has 0 bridgehead atoms. The number of para-hydroxylation sites is 1. The molecule has 5 heteroatoms. The number of benzene rings is 2. The molecule has 2 unspecified atom stereocenters. The van der Waals surface area contributed by atoms with Crippen molar-refractivity contribution in [2.45, 2.75) is 19.1 Å². The largest absolute Gasteiger partial charge is 0.456 e. The molecule has 0 aliphatic carbocycles. The Labute approximate surface area is 127 Å². The summed E-state index contributed by atoms with van der Waals surface area (Å²) in [5.41, 5.74) is 2.09. The van der Waals surface area contributed by atoms with Crippen LogP contribution in [0, 0.1) is 0 Å². The van der Waals surface area contributed by atoms with Crippen LogP contribution < -0.4 is 5.32 Å². The molecule has 5 nitrogen and oxygen atoms in total. The summed E-state index contributed by atoms with van der Waals surface area (Å²) in [6.07, 6.45) is -2.15. The molecule has 1 amide bonds. The molecule has 0 radical (unpaired) electrons. The van der Waals surface area contributed by atoms with Crippen LogP contribution in [0.15, 0.2) is 46.9 Å². The molecule has 1 aromatic heterocycles. The summed E-state index contributed by atoms with van der Waals surface area (Å²) in [5, 5.41) is 24.5. The zero-order valence-electron chi connectivity index (χ0n) is 12.1. The van der Waals surface area contributed by atoms with Gasteiger partial charge in [0.25, 0.3) is 0 Å². The Hall–Kier alpha value is -2.37. The molecule has 3 aromatic rings. The zero-order chi connectivity index (χ0) is 15.7. The molecule has 0 aliphatic rings. The lowest BCUT2D eigenvalue weighted by molar-refractivity contribution is -0.119. The van der Waals surface area contributed by atoms with Gasteiger partial charge in [0, 0.05) is 24.2 Å². The molecule has 2 atom stereocenters. The molecule has 0 saturated heterocycles. The van der Waals surface area contributed by atoms with E-state index in [1.807, 2.05) is 30.3 Å². The van der Waals surface area contributed by atoms with Gasteiger partial charge in [-0.15, -0.1) is 0 Å². The standard InChI is InChI=1S/C17H17NO4/c1-10(19)18-9-14(20)17(21)11-6-7-16-13(8-11)12-4-2-3-5-15(12)22-16/h2-8,14,17,20-21H,9H2,1H3,(H,18,19). The summed E-state index contributed by atoms with van der Waals surface area (Å²) in [4.78, 5) is 10.9. The highest BCUT2D eigenvalue weighted by Gasteiger charge is 2.19. The molecule has 3 N–H and O–H groups in total. The van der Waals surface area contributed by atoms with Crippen molar-refractivity contribution in [1.82, 2.24) is 5.32 Å². The highest BCUT2D eigenvalue weighted by molar-refractivity contribution is 6.05. The molecule has 3 rings (SSSR count). The number of rotatable bonds is 4. The van der Waals surface area contributed by atoms with E-state index in [4.69, 9.17) is 4.42 Å². The minimum atomic E-state index is -1.08. The van der Waals surface area contributed by atoms with E-state index in [-0.39, 0.29) is 12.5 Å². The van der Waals surface area contributed by atoms with E-state index < -0.39 is 12.2 Å². The fourth-order valence-electron chi connectivity index (χ4n) is 2.51. The molecule has 22 heavy (non-hydrogen) atoms. The summed E-state index contributed by atoms with van der Waals surface area (Å²) in [6, 6.07) is 13.0. The predicted octanol–water partition coefficient (Wildman–Crippen LogP) is 2.12. The topological polar surface area (TPSA) is 82.7 Å². The summed E-state index contributed by atoms with van der Waals surface area (Å²) < 4.78 is 5.73. The Kier molecular flexibility index (Phi) is 3.83. The molecule has 2 aromatic carbocycles. The van der Waals surface area contributed by atoms with Gasteiger partial charge in [0.1, 0.15) is 23.4 Å². The van der Waals surface area contributed by atoms with Crippen LogP contribution >= 0.6 is 0 Å². The van der Waals surface area contributed by atoms with E-state index >= 15 is 0 Å². The maximum Gasteiger partial charge on any atom is 0.216 e. The Balaban J connectivity index is 1.93. The number of hydrogen-bond acceptors (Lipinski definition) is 4.